The number of ether oxygens (including phenoxy) is 2. The van der Waals surface area contributed by atoms with Crippen LogP contribution in [0.5, 0.6) is 5.75 Å². The Balaban J connectivity index is 1.85. The molecule has 1 unspecified atom stereocenters. The number of hydrogen-bond donors (Lipinski definition) is 1. The van der Waals surface area contributed by atoms with E-state index in [2.05, 4.69) is 20.9 Å². The summed E-state index contributed by atoms with van der Waals surface area (Å²) < 4.78 is 12.6. The molecule has 0 amide bonds. The number of nitrogens with zero attached hydrogens (tertiary/aromatic N) is 1. The molecule has 1 aliphatic heterocycles. The van der Waals surface area contributed by atoms with E-state index in [1.54, 1.807) is 6.20 Å². The lowest BCUT2D eigenvalue weighted by Crippen LogP contribution is -2.26. The summed E-state index contributed by atoms with van der Waals surface area (Å²) in [5.74, 6) is 0.700. The van der Waals surface area contributed by atoms with Crippen LogP contribution in [0.3, 0.4) is 0 Å². The lowest BCUT2D eigenvalue weighted by atomic mass is 10.1. The van der Waals surface area contributed by atoms with Gasteiger partial charge >= 0.3 is 0 Å². The Morgan fingerprint density at radius 3 is 3.10 bits per heavy atom. The topological polar surface area (TPSA) is 57.4 Å². The Labute approximate surface area is 126 Å². The predicted octanol–water partition coefficient (Wildman–Crippen LogP) is 3.53. The van der Waals surface area contributed by atoms with E-state index in [1.165, 1.54) is 6.42 Å². The quantitative estimate of drug-likeness (QED) is 0.931. The van der Waals surface area contributed by atoms with Gasteiger partial charge in [0, 0.05) is 16.5 Å². The fraction of sp³-hybridized carbons (Fsp3) is 0.400. The van der Waals surface area contributed by atoms with Gasteiger partial charge in [-0.2, -0.15) is 0 Å². The van der Waals surface area contributed by atoms with E-state index in [1.807, 2.05) is 18.2 Å². The highest BCUT2D eigenvalue weighted by atomic mass is 79.9. The first-order valence-electron chi connectivity index (χ1n) is 6.82. The highest BCUT2D eigenvalue weighted by Gasteiger charge is 2.16. The van der Waals surface area contributed by atoms with Crippen molar-refractivity contribution in [1.82, 2.24) is 4.98 Å². The highest BCUT2D eigenvalue weighted by molar-refractivity contribution is 9.10. The molecular formula is C15H17BrN2O2. The molecule has 106 valence electrons. The monoisotopic (exact) mass is 336 g/mol. The largest absolute Gasteiger partial charge is 0.488 e. The van der Waals surface area contributed by atoms with Gasteiger partial charge in [0.05, 0.1) is 23.5 Å². The lowest BCUT2D eigenvalue weighted by molar-refractivity contribution is -0.0106. The Kier molecular flexibility index (Phi) is 4.08. The van der Waals surface area contributed by atoms with E-state index < -0.39 is 0 Å². The van der Waals surface area contributed by atoms with E-state index in [0.717, 1.165) is 34.8 Å². The van der Waals surface area contributed by atoms with Crippen molar-refractivity contribution in [3.05, 3.63) is 28.9 Å². The van der Waals surface area contributed by atoms with Crippen molar-refractivity contribution in [2.75, 3.05) is 18.9 Å². The Bertz CT molecular complexity index is 607. The number of halogens is 1. The third kappa shape index (κ3) is 2.88. The SMILES string of the molecule is Nc1cnc2ccc(Br)cc2c1OCC1CCCCO1. The molecule has 2 N–H and O–H groups in total. The number of aromatic nitrogens is 1. The maximum Gasteiger partial charge on any atom is 0.153 e. The molecule has 1 aromatic carbocycles. The van der Waals surface area contributed by atoms with Crippen LogP contribution >= 0.6 is 15.9 Å². The average molecular weight is 337 g/mol. The molecule has 2 heterocycles. The second kappa shape index (κ2) is 5.97. The fourth-order valence-electron chi connectivity index (χ4n) is 2.43. The zero-order valence-corrected chi connectivity index (χ0v) is 12.7. The molecule has 1 aliphatic rings. The summed E-state index contributed by atoms with van der Waals surface area (Å²) in [7, 11) is 0. The third-order valence-corrected chi connectivity index (χ3v) is 3.99. The molecule has 5 heteroatoms. The van der Waals surface area contributed by atoms with Crippen molar-refractivity contribution in [3.8, 4) is 5.75 Å². The number of nitrogens with two attached hydrogens (primary N) is 1. The molecule has 20 heavy (non-hydrogen) atoms. The summed E-state index contributed by atoms with van der Waals surface area (Å²) in [6, 6.07) is 5.89. The first-order valence-corrected chi connectivity index (χ1v) is 7.61. The van der Waals surface area contributed by atoms with Gasteiger partial charge in [0.2, 0.25) is 0 Å². The number of benzene rings is 1. The van der Waals surface area contributed by atoms with Crippen molar-refractivity contribution in [2.45, 2.75) is 25.4 Å². The molecule has 0 spiro atoms. The molecule has 2 aromatic rings. The van der Waals surface area contributed by atoms with E-state index in [-0.39, 0.29) is 6.10 Å². The smallest absolute Gasteiger partial charge is 0.153 e. The van der Waals surface area contributed by atoms with Crippen LogP contribution in [0, 0.1) is 0 Å². The van der Waals surface area contributed by atoms with Crippen molar-refractivity contribution in [3.63, 3.8) is 0 Å². The van der Waals surface area contributed by atoms with Crippen molar-refractivity contribution < 1.29 is 9.47 Å². The van der Waals surface area contributed by atoms with Crippen LogP contribution in [0.15, 0.2) is 28.9 Å². The Morgan fingerprint density at radius 2 is 2.30 bits per heavy atom. The second-order valence-electron chi connectivity index (χ2n) is 5.00. The van der Waals surface area contributed by atoms with Crippen LogP contribution in [-0.4, -0.2) is 24.3 Å². The van der Waals surface area contributed by atoms with Crippen LogP contribution in [-0.2, 0) is 4.74 Å². The van der Waals surface area contributed by atoms with Gasteiger partial charge in [-0.15, -0.1) is 0 Å². The fourth-order valence-corrected chi connectivity index (χ4v) is 2.79. The molecule has 3 rings (SSSR count). The summed E-state index contributed by atoms with van der Waals surface area (Å²) in [6.45, 7) is 1.36. The van der Waals surface area contributed by atoms with Gasteiger partial charge in [-0.25, -0.2) is 0 Å². The molecule has 0 bridgehead atoms. The molecule has 1 fully saturated rings. The van der Waals surface area contributed by atoms with Crippen LogP contribution in [0.1, 0.15) is 19.3 Å². The minimum absolute atomic E-state index is 0.165. The standard InChI is InChI=1S/C15H17BrN2O2/c16-10-4-5-14-12(7-10)15(13(17)8-18-14)20-9-11-3-1-2-6-19-11/h4-5,7-8,11H,1-3,6,9,17H2. The van der Waals surface area contributed by atoms with Gasteiger partial charge in [0.25, 0.3) is 0 Å². The maximum absolute atomic E-state index is 6.01. The second-order valence-corrected chi connectivity index (χ2v) is 5.92. The number of rotatable bonds is 3. The molecule has 0 aliphatic carbocycles. The van der Waals surface area contributed by atoms with Crippen molar-refractivity contribution in [1.29, 1.82) is 0 Å². The van der Waals surface area contributed by atoms with Crippen LogP contribution in [0.25, 0.3) is 10.9 Å². The van der Waals surface area contributed by atoms with E-state index in [0.29, 0.717) is 18.0 Å². The summed E-state index contributed by atoms with van der Waals surface area (Å²) in [6.07, 6.45) is 5.20. The van der Waals surface area contributed by atoms with Crippen molar-refractivity contribution in [2.24, 2.45) is 0 Å². The van der Waals surface area contributed by atoms with E-state index in [4.69, 9.17) is 15.2 Å². The first-order chi connectivity index (χ1) is 9.74. The van der Waals surface area contributed by atoms with Gasteiger partial charge in [0.1, 0.15) is 6.61 Å². The molecule has 0 radical (unpaired) electrons. The number of nitrogen functional groups attached to an aromatic ring is 1. The zero-order valence-electron chi connectivity index (χ0n) is 11.1. The Hall–Kier alpha value is -1.33. The van der Waals surface area contributed by atoms with Crippen LogP contribution in [0.2, 0.25) is 0 Å². The average Bonchev–Trinajstić information content (AvgIpc) is 2.47. The lowest BCUT2D eigenvalue weighted by Gasteiger charge is -2.23. The highest BCUT2D eigenvalue weighted by Crippen LogP contribution is 2.32. The summed E-state index contributed by atoms with van der Waals surface area (Å²) in [5, 5.41) is 0.926. The first kappa shape index (κ1) is 13.6. The van der Waals surface area contributed by atoms with Crippen LogP contribution < -0.4 is 10.5 Å². The molecule has 1 atom stereocenters. The molecule has 0 saturated carbocycles. The van der Waals surface area contributed by atoms with E-state index in [9.17, 15) is 0 Å². The molecule has 1 aromatic heterocycles. The van der Waals surface area contributed by atoms with E-state index >= 15 is 0 Å². The van der Waals surface area contributed by atoms with Gasteiger partial charge in [-0.1, -0.05) is 15.9 Å². The van der Waals surface area contributed by atoms with Gasteiger partial charge < -0.3 is 15.2 Å². The summed E-state index contributed by atoms with van der Waals surface area (Å²) in [5.41, 5.74) is 7.45. The van der Waals surface area contributed by atoms with Gasteiger partial charge in [-0.05, 0) is 37.5 Å². The Morgan fingerprint density at radius 1 is 1.40 bits per heavy atom. The maximum atomic E-state index is 6.01. The minimum Gasteiger partial charge on any atom is -0.488 e. The van der Waals surface area contributed by atoms with Crippen LogP contribution in [0.4, 0.5) is 5.69 Å². The minimum atomic E-state index is 0.165. The summed E-state index contributed by atoms with van der Waals surface area (Å²) >= 11 is 3.47. The third-order valence-electron chi connectivity index (χ3n) is 3.50. The zero-order chi connectivity index (χ0) is 13.9. The molecule has 1 saturated heterocycles. The summed E-state index contributed by atoms with van der Waals surface area (Å²) in [4.78, 5) is 4.32. The normalized spacial score (nSPS) is 19.1. The van der Waals surface area contributed by atoms with Crippen molar-refractivity contribution >= 4 is 32.5 Å². The predicted molar refractivity (Wildman–Crippen MR) is 82.9 cm³/mol. The molecule has 4 nitrogen and oxygen atoms in total. The number of fused-ring (bicyclic) bond motifs is 1. The molecular weight excluding hydrogens is 320 g/mol. The van der Waals surface area contributed by atoms with Gasteiger partial charge in [-0.3, -0.25) is 4.98 Å². The number of pyridine rings is 1. The number of anilines is 1. The van der Waals surface area contributed by atoms with Gasteiger partial charge in [0.15, 0.2) is 5.75 Å². The number of hydrogen-bond acceptors (Lipinski definition) is 4.